The number of hydrogen-bond donors (Lipinski definition) is 2. The summed E-state index contributed by atoms with van der Waals surface area (Å²) in [6.45, 7) is 6.44. The predicted octanol–water partition coefficient (Wildman–Crippen LogP) is 8.81. The smallest absolute Gasteiger partial charge is 0.268 e. The molecule has 0 spiro atoms. The molecular weight excluding hydrogens is 842 g/mol. The van der Waals surface area contributed by atoms with Crippen LogP contribution in [0.2, 0.25) is 5.02 Å². The van der Waals surface area contributed by atoms with Gasteiger partial charge in [0.25, 0.3) is 15.9 Å². The Morgan fingerprint density at radius 1 is 0.710 bits per heavy atom. The highest BCUT2D eigenvalue weighted by molar-refractivity contribution is 7.90. The van der Waals surface area contributed by atoms with Gasteiger partial charge in [-0.05, 0) is 109 Å². The maximum Gasteiger partial charge on any atom is 0.268 e. The van der Waals surface area contributed by atoms with Crippen molar-refractivity contribution in [2.45, 2.75) is 42.1 Å². The van der Waals surface area contributed by atoms with Gasteiger partial charge in [0.1, 0.15) is 11.5 Å². The number of para-hydroxylation sites is 1. The SMILES string of the molecule is Cc1cc(S(=O)(=O)NC(=O)c2ccc(N3CCN(Cc4ccccc4-c4ccc(Cl)cc4)CC3)cc2Oc2ccccc2)ccc1NC1CCN(S(=O)(=O)c2ccccc2)CC1. The van der Waals surface area contributed by atoms with E-state index >= 15 is 0 Å². The Morgan fingerprint density at radius 3 is 2.06 bits per heavy atom. The van der Waals surface area contributed by atoms with Crippen molar-refractivity contribution in [2.75, 3.05) is 49.5 Å². The number of rotatable bonds is 13. The maximum absolute atomic E-state index is 13.8. The van der Waals surface area contributed by atoms with Gasteiger partial charge in [0.15, 0.2) is 0 Å². The number of hydrogen-bond acceptors (Lipinski definition) is 9. The minimum Gasteiger partial charge on any atom is -0.456 e. The number of halogens is 1. The van der Waals surface area contributed by atoms with Gasteiger partial charge < -0.3 is 15.0 Å². The second-order valence-corrected chi connectivity index (χ2v) is 19.6. The van der Waals surface area contributed by atoms with Crippen molar-refractivity contribution < 1.29 is 26.4 Å². The molecule has 2 N–H and O–H groups in total. The Kier molecular flexibility index (Phi) is 13.0. The predicted molar refractivity (Wildman–Crippen MR) is 245 cm³/mol. The van der Waals surface area contributed by atoms with E-state index in [-0.39, 0.29) is 27.1 Å². The van der Waals surface area contributed by atoms with Crippen LogP contribution in [-0.2, 0) is 26.6 Å². The zero-order valence-corrected chi connectivity index (χ0v) is 36.7. The first-order valence-electron chi connectivity index (χ1n) is 20.6. The van der Waals surface area contributed by atoms with E-state index in [4.69, 9.17) is 16.3 Å². The van der Waals surface area contributed by atoms with Crippen molar-refractivity contribution in [3.63, 3.8) is 0 Å². The lowest BCUT2D eigenvalue weighted by atomic mass is 9.99. The molecule has 0 atom stereocenters. The summed E-state index contributed by atoms with van der Waals surface area (Å²) in [6.07, 6.45) is 1.18. The first-order valence-corrected chi connectivity index (χ1v) is 23.9. The molecule has 1 amide bonds. The van der Waals surface area contributed by atoms with E-state index in [2.05, 4.69) is 44.1 Å². The van der Waals surface area contributed by atoms with Crippen LogP contribution in [0.4, 0.5) is 11.4 Å². The highest BCUT2D eigenvalue weighted by atomic mass is 35.5. The molecule has 2 aliphatic rings. The number of sulfonamides is 2. The molecule has 0 unspecified atom stereocenters. The van der Waals surface area contributed by atoms with Gasteiger partial charge in [-0.2, -0.15) is 4.31 Å². The van der Waals surface area contributed by atoms with E-state index in [1.165, 1.54) is 27.6 Å². The summed E-state index contributed by atoms with van der Waals surface area (Å²) in [7, 11) is -7.86. The summed E-state index contributed by atoms with van der Waals surface area (Å²) in [5, 5.41) is 4.17. The van der Waals surface area contributed by atoms with E-state index in [9.17, 15) is 21.6 Å². The number of anilines is 2. The lowest BCUT2D eigenvalue weighted by Gasteiger charge is -2.36. The van der Waals surface area contributed by atoms with Crippen LogP contribution < -0.4 is 19.7 Å². The lowest BCUT2D eigenvalue weighted by Crippen LogP contribution is -2.46. The first kappa shape index (κ1) is 43.0. The van der Waals surface area contributed by atoms with E-state index in [0.717, 1.165) is 49.7 Å². The third kappa shape index (κ3) is 9.98. The van der Waals surface area contributed by atoms with Gasteiger partial charge >= 0.3 is 0 Å². The van der Waals surface area contributed by atoms with Gasteiger partial charge in [0.2, 0.25) is 10.0 Å². The van der Waals surface area contributed by atoms with Crippen molar-refractivity contribution >= 4 is 48.9 Å². The molecule has 6 aromatic carbocycles. The summed E-state index contributed by atoms with van der Waals surface area (Å²) < 4.78 is 63.6. The molecule has 2 aliphatic heterocycles. The summed E-state index contributed by atoms with van der Waals surface area (Å²) in [5.74, 6) is -0.0734. The summed E-state index contributed by atoms with van der Waals surface area (Å²) in [6, 6.07) is 43.7. The van der Waals surface area contributed by atoms with Crippen molar-refractivity contribution in [3.05, 3.63) is 167 Å². The van der Waals surface area contributed by atoms with E-state index < -0.39 is 26.0 Å². The molecule has 2 heterocycles. The molecule has 0 aromatic heterocycles. The Labute approximate surface area is 369 Å². The molecule has 8 rings (SSSR count). The number of piperidine rings is 1. The van der Waals surface area contributed by atoms with E-state index in [1.54, 1.807) is 67.6 Å². The van der Waals surface area contributed by atoms with Gasteiger partial charge in [0, 0.05) is 74.3 Å². The van der Waals surface area contributed by atoms with Crippen LogP contribution in [0.1, 0.15) is 34.3 Å². The van der Waals surface area contributed by atoms with Crippen LogP contribution in [0.3, 0.4) is 0 Å². The molecule has 62 heavy (non-hydrogen) atoms. The Balaban J connectivity index is 0.920. The van der Waals surface area contributed by atoms with Crippen molar-refractivity contribution in [1.29, 1.82) is 0 Å². The molecule has 0 saturated carbocycles. The molecule has 14 heteroatoms. The highest BCUT2D eigenvalue weighted by Crippen LogP contribution is 2.33. The second kappa shape index (κ2) is 18.7. The normalized spacial score (nSPS) is 15.5. The Morgan fingerprint density at radius 2 is 1.37 bits per heavy atom. The molecule has 6 aromatic rings. The Hall–Kier alpha value is -5.70. The van der Waals surface area contributed by atoms with Gasteiger partial charge in [-0.25, -0.2) is 21.6 Å². The second-order valence-electron chi connectivity index (χ2n) is 15.6. The molecule has 0 aliphatic carbocycles. The van der Waals surface area contributed by atoms with Crippen LogP contribution in [0.15, 0.2) is 155 Å². The molecular formula is C48H48ClN5O6S2. The number of amides is 1. The summed E-state index contributed by atoms with van der Waals surface area (Å²) in [5.41, 5.74) is 5.88. The van der Waals surface area contributed by atoms with Gasteiger partial charge in [-0.3, -0.25) is 9.69 Å². The van der Waals surface area contributed by atoms with Crippen LogP contribution >= 0.6 is 11.6 Å². The highest BCUT2D eigenvalue weighted by Gasteiger charge is 2.30. The standard InChI is InChI=1S/C48H48ClN5O6S2/c1-35-32-43(21-23-46(35)50-39-24-26-54(27-25-39)62(58,59)42-13-6-3-7-14-42)61(56,57)51-48(55)45-22-20-40(33-47(45)60-41-11-4-2-5-12-41)53-30-28-52(29-31-53)34-37-10-8-9-15-44(37)36-16-18-38(49)19-17-36/h2-23,32-33,39,50H,24-31,34H2,1H3,(H,51,55). The number of ether oxygens (including phenoxy) is 1. The number of nitrogens with one attached hydrogen (secondary N) is 2. The fourth-order valence-electron chi connectivity index (χ4n) is 7.97. The zero-order valence-electron chi connectivity index (χ0n) is 34.3. The largest absolute Gasteiger partial charge is 0.456 e. The number of nitrogens with zero attached hydrogens (tertiary/aromatic N) is 3. The van der Waals surface area contributed by atoms with Crippen LogP contribution in [0, 0.1) is 6.92 Å². The fourth-order valence-corrected chi connectivity index (χ4v) is 10.6. The quantitative estimate of drug-likeness (QED) is 0.117. The molecule has 0 bridgehead atoms. The van der Waals surface area contributed by atoms with Crippen LogP contribution in [0.5, 0.6) is 11.5 Å². The molecule has 2 fully saturated rings. The monoisotopic (exact) mass is 889 g/mol. The fraction of sp³-hybridized carbons (Fsp3) is 0.229. The summed E-state index contributed by atoms with van der Waals surface area (Å²) >= 11 is 6.16. The topological polar surface area (TPSA) is 128 Å². The first-order chi connectivity index (χ1) is 29.9. The minimum atomic E-state index is -4.28. The van der Waals surface area contributed by atoms with Gasteiger partial charge in [-0.15, -0.1) is 0 Å². The van der Waals surface area contributed by atoms with Crippen molar-refractivity contribution in [2.24, 2.45) is 0 Å². The number of carbonyl (C=O) groups excluding carboxylic acids is 1. The number of piperazine rings is 1. The maximum atomic E-state index is 13.8. The molecule has 2 saturated heterocycles. The van der Waals surface area contributed by atoms with Gasteiger partial charge in [0.05, 0.1) is 15.4 Å². The van der Waals surface area contributed by atoms with E-state index in [1.807, 2.05) is 48.5 Å². The minimum absolute atomic E-state index is 0.00351. The van der Waals surface area contributed by atoms with Crippen LogP contribution in [-0.4, -0.2) is 77.3 Å². The molecule has 11 nitrogen and oxygen atoms in total. The molecule has 0 radical (unpaired) electrons. The third-order valence-corrected chi connectivity index (χ3v) is 14.9. The zero-order chi connectivity index (χ0) is 43.3. The number of benzene rings is 6. The van der Waals surface area contributed by atoms with Crippen molar-refractivity contribution in [1.82, 2.24) is 13.9 Å². The average molecular weight is 891 g/mol. The van der Waals surface area contributed by atoms with Gasteiger partial charge in [-0.1, -0.05) is 84.4 Å². The van der Waals surface area contributed by atoms with Crippen LogP contribution in [0.25, 0.3) is 11.1 Å². The third-order valence-electron chi connectivity index (χ3n) is 11.4. The number of aryl methyl sites for hydroxylation is 1. The Bertz CT molecular complexity index is 2740. The number of carbonyl (C=O) groups is 1. The molecule has 320 valence electrons. The lowest BCUT2D eigenvalue weighted by molar-refractivity contribution is 0.0979. The average Bonchev–Trinajstić information content (AvgIpc) is 3.28. The van der Waals surface area contributed by atoms with Crippen molar-refractivity contribution in [3.8, 4) is 22.6 Å². The summed E-state index contributed by atoms with van der Waals surface area (Å²) in [4.78, 5) is 18.7. The van der Waals surface area contributed by atoms with E-state index in [0.29, 0.717) is 42.3 Å².